The minimum atomic E-state index is -0.719. The van der Waals surface area contributed by atoms with E-state index in [2.05, 4.69) is 55.5 Å². The number of hydrogen-bond donors (Lipinski definition) is 1. The lowest BCUT2D eigenvalue weighted by Crippen LogP contribution is -1.92. The molecule has 1 aliphatic rings. The number of allylic oxidation sites excluding steroid dienone is 9. The predicted octanol–water partition coefficient (Wildman–Crippen LogP) is 5.68. The number of ether oxygens (including phenoxy) is 1. The Hall–Kier alpha value is -2.03. The second-order valence-corrected chi connectivity index (χ2v) is 5.38. The van der Waals surface area contributed by atoms with Crippen molar-refractivity contribution in [3.63, 3.8) is 0 Å². The SMILES string of the molecule is CCC1=C(C/C=C\C/C=C\C/C=C\C/C=C\CCCC(=O)O)O1. The normalized spacial score (nSPS) is 14.7. The highest BCUT2D eigenvalue weighted by molar-refractivity contribution is 5.66. The van der Waals surface area contributed by atoms with Crippen LogP contribution in [0.5, 0.6) is 0 Å². The van der Waals surface area contributed by atoms with Crippen molar-refractivity contribution in [2.75, 3.05) is 0 Å². The van der Waals surface area contributed by atoms with E-state index in [4.69, 9.17) is 9.84 Å². The molecule has 0 aromatic carbocycles. The monoisotopic (exact) mass is 316 g/mol. The smallest absolute Gasteiger partial charge is 0.303 e. The summed E-state index contributed by atoms with van der Waals surface area (Å²) in [6, 6.07) is 0. The van der Waals surface area contributed by atoms with Gasteiger partial charge in [-0.2, -0.15) is 0 Å². The molecule has 0 saturated carbocycles. The second kappa shape index (κ2) is 12.5. The van der Waals surface area contributed by atoms with Crippen LogP contribution in [0.1, 0.15) is 58.3 Å². The van der Waals surface area contributed by atoms with Crippen LogP contribution in [0.25, 0.3) is 0 Å². The third-order valence-electron chi connectivity index (χ3n) is 3.38. The number of rotatable bonds is 13. The van der Waals surface area contributed by atoms with E-state index < -0.39 is 5.97 Å². The first-order valence-electron chi connectivity index (χ1n) is 8.45. The van der Waals surface area contributed by atoms with E-state index in [9.17, 15) is 4.79 Å². The lowest BCUT2D eigenvalue weighted by Gasteiger charge is -1.89. The van der Waals surface area contributed by atoms with Crippen LogP contribution in [-0.2, 0) is 9.53 Å². The Bertz CT molecular complexity index is 493. The van der Waals surface area contributed by atoms with Crippen LogP contribution in [0, 0.1) is 0 Å². The van der Waals surface area contributed by atoms with Crippen molar-refractivity contribution in [2.24, 2.45) is 0 Å². The maximum Gasteiger partial charge on any atom is 0.303 e. The van der Waals surface area contributed by atoms with Crippen LogP contribution in [0.4, 0.5) is 0 Å². The van der Waals surface area contributed by atoms with E-state index >= 15 is 0 Å². The van der Waals surface area contributed by atoms with Gasteiger partial charge in [-0.15, -0.1) is 0 Å². The minimum Gasteiger partial charge on any atom is -0.481 e. The van der Waals surface area contributed by atoms with Gasteiger partial charge in [-0.05, 0) is 32.1 Å². The Morgan fingerprint density at radius 2 is 1.48 bits per heavy atom. The maximum atomic E-state index is 10.3. The molecule has 0 atom stereocenters. The standard InChI is InChI=1S/C20H28O3/c1-2-18-19(23-18)16-14-12-10-8-6-4-3-5-7-9-11-13-15-17-20(21)22/h3,5-6,8-9,11-12,14H,2,4,7,10,13,15-17H2,1H3,(H,21,22)/b5-3-,8-6-,11-9-,14-12-. The zero-order chi connectivity index (χ0) is 16.8. The average molecular weight is 316 g/mol. The van der Waals surface area contributed by atoms with Gasteiger partial charge in [0.05, 0.1) is 0 Å². The Labute approximate surface area is 139 Å². The zero-order valence-electron chi connectivity index (χ0n) is 14.0. The zero-order valence-corrected chi connectivity index (χ0v) is 14.0. The van der Waals surface area contributed by atoms with Crippen LogP contribution >= 0.6 is 0 Å². The number of aliphatic carboxylic acids is 1. The molecule has 0 radical (unpaired) electrons. The molecular weight excluding hydrogens is 288 g/mol. The molecule has 0 spiro atoms. The molecule has 1 aliphatic heterocycles. The van der Waals surface area contributed by atoms with Crippen molar-refractivity contribution >= 4 is 5.97 Å². The van der Waals surface area contributed by atoms with Crippen molar-refractivity contribution in [3.8, 4) is 0 Å². The fourth-order valence-corrected chi connectivity index (χ4v) is 2.04. The van der Waals surface area contributed by atoms with Crippen LogP contribution in [0.3, 0.4) is 0 Å². The molecule has 0 aliphatic carbocycles. The van der Waals surface area contributed by atoms with Gasteiger partial charge >= 0.3 is 5.97 Å². The third kappa shape index (κ3) is 11.2. The van der Waals surface area contributed by atoms with Crippen molar-refractivity contribution in [1.29, 1.82) is 0 Å². The lowest BCUT2D eigenvalue weighted by atomic mass is 10.2. The van der Waals surface area contributed by atoms with Crippen molar-refractivity contribution < 1.29 is 14.6 Å². The van der Waals surface area contributed by atoms with E-state index in [0.29, 0.717) is 0 Å². The summed E-state index contributed by atoms with van der Waals surface area (Å²) < 4.78 is 5.31. The summed E-state index contributed by atoms with van der Waals surface area (Å²) in [7, 11) is 0. The number of carbonyl (C=O) groups is 1. The Morgan fingerprint density at radius 3 is 2.00 bits per heavy atom. The van der Waals surface area contributed by atoms with Gasteiger partial charge in [0.15, 0.2) is 0 Å². The maximum absolute atomic E-state index is 10.3. The Morgan fingerprint density at radius 1 is 0.913 bits per heavy atom. The summed E-state index contributed by atoms with van der Waals surface area (Å²) in [5.41, 5.74) is 0. The molecule has 0 amide bonds. The molecule has 1 N–H and O–H groups in total. The molecule has 0 saturated heterocycles. The van der Waals surface area contributed by atoms with Gasteiger partial charge in [0.25, 0.3) is 0 Å². The van der Waals surface area contributed by atoms with E-state index in [-0.39, 0.29) is 6.42 Å². The molecule has 0 fully saturated rings. The summed E-state index contributed by atoms with van der Waals surface area (Å²) in [6.45, 7) is 2.11. The average Bonchev–Trinajstić information content (AvgIpc) is 3.29. The van der Waals surface area contributed by atoms with Crippen LogP contribution in [-0.4, -0.2) is 11.1 Å². The first-order valence-corrected chi connectivity index (χ1v) is 8.45. The molecule has 0 aromatic rings. The summed E-state index contributed by atoms with van der Waals surface area (Å²) >= 11 is 0. The van der Waals surface area contributed by atoms with Gasteiger partial charge in [0, 0.05) is 19.3 Å². The first-order chi connectivity index (χ1) is 11.2. The van der Waals surface area contributed by atoms with Gasteiger partial charge in [-0.1, -0.05) is 55.5 Å². The number of unbranched alkanes of at least 4 members (excludes halogenated alkanes) is 1. The summed E-state index contributed by atoms with van der Waals surface area (Å²) in [5.74, 6) is 1.58. The van der Waals surface area contributed by atoms with Gasteiger partial charge < -0.3 is 9.84 Å². The molecule has 0 aromatic heterocycles. The topological polar surface area (TPSA) is 49.8 Å². The van der Waals surface area contributed by atoms with Crippen LogP contribution < -0.4 is 0 Å². The molecule has 0 bridgehead atoms. The summed E-state index contributed by atoms with van der Waals surface area (Å²) in [5, 5.41) is 8.50. The summed E-state index contributed by atoms with van der Waals surface area (Å²) in [6.07, 6.45) is 23.7. The molecule has 3 nitrogen and oxygen atoms in total. The Balaban J connectivity index is 1.93. The molecule has 1 rings (SSSR count). The van der Waals surface area contributed by atoms with Gasteiger partial charge in [-0.25, -0.2) is 0 Å². The fourth-order valence-electron chi connectivity index (χ4n) is 2.04. The van der Waals surface area contributed by atoms with E-state index in [1.165, 1.54) is 0 Å². The molecule has 1 heterocycles. The number of carboxylic acids is 1. The number of carboxylic acid groups (broad SMARTS) is 1. The highest BCUT2D eigenvalue weighted by Crippen LogP contribution is 2.31. The Kier molecular flexibility index (Phi) is 10.3. The highest BCUT2D eigenvalue weighted by atomic mass is 16.6. The molecule has 0 unspecified atom stereocenters. The quantitative estimate of drug-likeness (QED) is 0.351. The molecule has 23 heavy (non-hydrogen) atoms. The number of hydrogen-bond acceptors (Lipinski definition) is 2. The van der Waals surface area contributed by atoms with Crippen molar-refractivity contribution in [3.05, 3.63) is 60.1 Å². The van der Waals surface area contributed by atoms with E-state index in [0.717, 1.165) is 56.5 Å². The van der Waals surface area contributed by atoms with Crippen molar-refractivity contribution in [2.45, 2.75) is 58.3 Å². The lowest BCUT2D eigenvalue weighted by molar-refractivity contribution is -0.137. The van der Waals surface area contributed by atoms with Crippen LogP contribution in [0.15, 0.2) is 60.1 Å². The first kappa shape index (κ1) is 19.0. The molecule has 126 valence electrons. The third-order valence-corrected chi connectivity index (χ3v) is 3.38. The van der Waals surface area contributed by atoms with Gasteiger partial charge in [0.1, 0.15) is 11.5 Å². The fraction of sp³-hybridized carbons (Fsp3) is 0.450. The summed E-state index contributed by atoms with van der Waals surface area (Å²) in [4.78, 5) is 10.3. The molecular formula is C20H28O3. The van der Waals surface area contributed by atoms with Crippen molar-refractivity contribution in [1.82, 2.24) is 0 Å². The largest absolute Gasteiger partial charge is 0.481 e. The van der Waals surface area contributed by atoms with Crippen LogP contribution in [0.2, 0.25) is 0 Å². The van der Waals surface area contributed by atoms with E-state index in [1.54, 1.807) is 0 Å². The van der Waals surface area contributed by atoms with E-state index in [1.807, 2.05) is 0 Å². The van der Waals surface area contributed by atoms with Gasteiger partial charge in [0.2, 0.25) is 0 Å². The van der Waals surface area contributed by atoms with Gasteiger partial charge in [-0.3, -0.25) is 4.79 Å². The second-order valence-electron chi connectivity index (χ2n) is 5.38. The molecule has 3 heteroatoms. The minimum absolute atomic E-state index is 0.254. The highest BCUT2D eigenvalue weighted by Gasteiger charge is 2.20. The predicted molar refractivity (Wildman–Crippen MR) is 94.9 cm³/mol.